The first-order valence-electron chi connectivity index (χ1n) is 26.9. The molecule has 10 rings (SSSR count). The molecule has 3 unspecified atom stereocenters. The number of H-pyrrole nitrogens is 1. The third kappa shape index (κ3) is 14.6. The lowest BCUT2D eigenvalue weighted by Crippen LogP contribution is -2.46. The van der Waals surface area contributed by atoms with Crippen molar-refractivity contribution < 1.29 is 41.5 Å². The van der Waals surface area contributed by atoms with Crippen molar-refractivity contribution in [1.29, 1.82) is 5.26 Å². The Labute approximate surface area is 490 Å². The Morgan fingerprint density at radius 1 is 0.750 bits per heavy atom. The van der Waals surface area contributed by atoms with E-state index in [1.807, 2.05) is 35.9 Å². The van der Waals surface area contributed by atoms with Gasteiger partial charge in [0.25, 0.3) is 11.8 Å². The number of benzene rings is 6. The predicted octanol–water partition coefficient (Wildman–Crippen LogP) is 7.42. The minimum atomic E-state index is -3.28. The van der Waals surface area contributed by atoms with Crippen LogP contribution in [0.5, 0.6) is 11.5 Å². The second kappa shape index (κ2) is 26.7. The number of anilines is 1. The van der Waals surface area contributed by atoms with Crippen molar-refractivity contribution in [2.45, 2.75) is 73.8 Å². The van der Waals surface area contributed by atoms with Gasteiger partial charge >= 0.3 is 0 Å². The van der Waals surface area contributed by atoms with E-state index in [9.17, 15) is 32.0 Å². The van der Waals surface area contributed by atoms with Crippen molar-refractivity contribution in [2.24, 2.45) is 11.5 Å². The van der Waals surface area contributed by atoms with Crippen LogP contribution < -0.4 is 41.8 Å². The molecule has 2 aromatic heterocycles. The smallest absolute Gasteiger partial charge is 0.255 e. The Kier molecular flexibility index (Phi) is 18.8. The predicted molar refractivity (Wildman–Crippen MR) is 313 cm³/mol. The molecule has 8 N–H and O–H groups in total. The van der Waals surface area contributed by atoms with E-state index >= 15 is 0 Å². The van der Waals surface area contributed by atoms with E-state index in [0.717, 1.165) is 39.3 Å². The van der Waals surface area contributed by atoms with Gasteiger partial charge in [-0.3, -0.25) is 19.2 Å². The Bertz CT molecular complexity index is 3790. The fraction of sp³-hybridized carbons (Fsp3) is 0.242. The molecule has 5 atom stereocenters. The Hall–Kier alpha value is -9.36. The third-order valence-corrected chi connectivity index (χ3v) is 16.0. The van der Waals surface area contributed by atoms with E-state index in [-0.39, 0.29) is 35.9 Å². The van der Waals surface area contributed by atoms with Crippen LogP contribution in [0.3, 0.4) is 0 Å². The number of fused-ring (bicyclic) bond motifs is 2. The Balaban J connectivity index is 0.000000202. The number of nitrogens with one attached hydrogen (secondary N) is 4. The molecule has 0 saturated heterocycles. The van der Waals surface area contributed by atoms with Crippen LogP contribution in [0.2, 0.25) is 5.02 Å². The Morgan fingerprint density at radius 2 is 1.30 bits per heavy atom. The molecule has 0 aliphatic carbocycles. The van der Waals surface area contributed by atoms with Gasteiger partial charge < -0.3 is 51.3 Å². The van der Waals surface area contributed by atoms with Crippen LogP contribution in [0.15, 0.2) is 163 Å². The highest BCUT2D eigenvalue weighted by Crippen LogP contribution is 2.40. The number of aromatic amines is 1. The summed E-state index contributed by atoms with van der Waals surface area (Å²) < 4.78 is 51.0. The van der Waals surface area contributed by atoms with Gasteiger partial charge in [-0.05, 0) is 89.3 Å². The van der Waals surface area contributed by atoms with Crippen molar-refractivity contribution in [3.05, 3.63) is 225 Å². The second-order valence-electron chi connectivity index (χ2n) is 20.5. The van der Waals surface area contributed by atoms with Crippen molar-refractivity contribution in [1.82, 2.24) is 35.5 Å². The first kappa shape index (κ1) is 59.3. The fourth-order valence-corrected chi connectivity index (χ4v) is 11.0. The number of nitriles is 1. The van der Waals surface area contributed by atoms with Gasteiger partial charge in [-0.1, -0.05) is 84.4 Å². The zero-order chi connectivity index (χ0) is 59.5. The maximum absolute atomic E-state index is 13.4. The summed E-state index contributed by atoms with van der Waals surface area (Å²) in [6.07, 6.45) is 10.4. The summed E-state index contributed by atoms with van der Waals surface area (Å²) in [4.78, 5) is 65.3. The summed E-state index contributed by atoms with van der Waals surface area (Å²) >= 11 is 5.97. The highest BCUT2D eigenvalue weighted by molar-refractivity contribution is 7.90. The summed E-state index contributed by atoms with van der Waals surface area (Å²) in [6.45, 7) is 1.26. The largest absolute Gasteiger partial charge is 0.492 e. The minimum absolute atomic E-state index is 0.124. The van der Waals surface area contributed by atoms with E-state index in [1.165, 1.54) is 18.4 Å². The highest BCUT2D eigenvalue weighted by Gasteiger charge is 2.33. The van der Waals surface area contributed by atoms with Crippen LogP contribution in [-0.2, 0) is 45.2 Å². The number of hydrogen-bond donors (Lipinski definition) is 6. The molecule has 6 aromatic carbocycles. The fourth-order valence-electron chi connectivity index (χ4n) is 10.2. The van der Waals surface area contributed by atoms with Gasteiger partial charge in [0.1, 0.15) is 35.2 Å². The van der Waals surface area contributed by atoms with Crippen molar-refractivity contribution in [2.75, 3.05) is 31.4 Å². The molecule has 0 saturated carbocycles. The molecule has 4 heterocycles. The van der Waals surface area contributed by atoms with E-state index in [0.29, 0.717) is 77.8 Å². The quantitative estimate of drug-likeness (QED) is 0.0434. The average Bonchev–Trinajstić information content (AvgIpc) is 3.63. The molecule has 19 nitrogen and oxygen atoms in total. The topological polar surface area (TPSA) is 283 Å². The highest BCUT2D eigenvalue weighted by atomic mass is 35.5. The zero-order valence-electron chi connectivity index (χ0n) is 45.9. The summed E-state index contributed by atoms with van der Waals surface area (Å²) in [7, 11) is -1.32. The third-order valence-electron chi connectivity index (χ3n) is 14.7. The molecule has 0 radical (unpaired) electrons. The molecular weight excluding hydrogens is 1110 g/mol. The number of hydrogen-bond acceptors (Lipinski definition) is 13. The number of nitrogens with zero attached hydrogens (tertiary/aromatic N) is 5. The van der Waals surface area contributed by atoms with E-state index in [2.05, 4.69) is 41.9 Å². The molecule has 4 amide bonds. The first-order chi connectivity index (χ1) is 40.4. The van der Waals surface area contributed by atoms with Gasteiger partial charge in [-0.25, -0.2) is 22.8 Å². The van der Waals surface area contributed by atoms with Crippen LogP contribution in [0.25, 0.3) is 0 Å². The molecular formula is C62H61ClFN11O8S. The molecule has 0 spiro atoms. The van der Waals surface area contributed by atoms with Gasteiger partial charge in [0.15, 0.2) is 9.84 Å². The molecule has 0 fully saturated rings. The molecule has 84 heavy (non-hydrogen) atoms. The van der Waals surface area contributed by atoms with Gasteiger partial charge in [0.05, 0.1) is 84.0 Å². The summed E-state index contributed by atoms with van der Waals surface area (Å²) in [5.74, 6) is -0.936. The second-order valence-corrected chi connectivity index (χ2v) is 22.9. The standard InChI is InChI=1S/C31H32ClN5O5S.C31H29FN6O3/c1-36(28-17-34-19-37(28)18-21-8-12-23(13-9-21)43(2,40)41)27-14-15-42-29-24(27)4-3-5-25(29)31(39)35-26(30(33)38)16-20-6-10-22(32)11-7-20;32-22-10-8-20(9-11-22)15-27(30(34)39)38-31(40)24-3-1-2-23-25(12-13-41-29(23)24)37-26(28-17-35-18-36-28)14-19-4-6-21(16-33)7-5-19/h3-13,17,19,26-27H,14-16,18H2,1-2H3,(H2,33,38)(H,35,39);1-11,17-18,25-27,37H,12-15H2,(H2,34,39)(H,35,36)(H,38,40)/t26-,27?;25?,26?,27-/m00/s1. The molecule has 2 aliphatic rings. The number of sulfone groups is 1. The number of imidazole rings is 2. The molecule has 8 aromatic rings. The number of amides is 4. The van der Waals surface area contributed by atoms with Crippen LogP contribution in [-0.4, -0.2) is 90.2 Å². The maximum Gasteiger partial charge on any atom is 0.255 e. The van der Waals surface area contributed by atoms with Gasteiger partial charge in [-0.15, -0.1) is 0 Å². The first-order valence-corrected chi connectivity index (χ1v) is 29.1. The summed E-state index contributed by atoms with van der Waals surface area (Å²) in [5.41, 5.74) is 18.4. The van der Waals surface area contributed by atoms with Crippen LogP contribution in [0.4, 0.5) is 10.2 Å². The lowest BCUT2D eigenvalue weighted by Gasteiger charge is -2.35. The van der Waals surface area contributed by atoms with Crippen LogP contribution >= 0.6 is 11.6 Å². The Morgan fingerprint density at radius 3 is 1.87 bits per heavy atom. The lowest BCUT2D eigenvalue weighted by molar-refractivity contribution is -0.120. The normalized spacial score (nSPS) is 15.4. The SMILES string of the molecule is CN(c1cncn1Cc1ccc(S(C)(=O)=O)cc1)C1CCOc2c(C(=O)N[C@@H](Cc3ccc(Cl)cc3)C(N)=O)cccc21.N#Cc1ccc(CC(NC2CCOc3c(C(=O)N[C@@H](Cc4ccc(F)cc4)C(N)=O)cccc32)c2cnc[nH]2)cc1. The average molecular weight is 1170 g/mol. The number of halogens is 2. The van der Waals surface area contributed by atoms with Gasteiger partial charge in [-0.2, -0.15) is 5.26 Å². The van der Waals surface area contributed by atoms with Gasteiger partial charge in [0, 0.05) is 67.4 Å². The van der Waals surface area contributed by atoms with Crippen molar-refractivity contribution >= 4 is 50.9 Å². The summed E-state index contributed by atoms with van der Waals surface area (Å²) in [5, 5.41) is 18.9. The van der Waals surface area contributed by atoms with Gasteiger partial charge in [0.2, 0.25) is 11.8 Å². The van der Waals surface area contributed by atoms with Crippen molar-refractivity contribution in [3.63, 3.8) is 0 Å². The van der Waals surface area contributed by atoms with Crippen LogP contribution in [0, 0.1) is 17.1 Å². The minimum Gasteiger partial charge on any atom is -0.492 e. The number of carbonyl (C=O) groups excluding carboxylic acids is 4. The summed E-state index contributed by atoms with van der Waals surface area (Å²) in [6, 6.07) is 37.5. The van der Waals surface area contributed by atoms with Crippen molar-refractivity contribution in [3.8, 4) is 17.6 Å². The number of nitrogens with two attached hydrogens (primary N) is 2. The van der Waals surface area contributed by atoms with E-state index in [1.54, 1.807) is 122 Å². The molecule has 432 valence electrons. The number of carbonyl (C=O) groups is 4. The van der Waals surface area contributed by atoms with E-state index in [4.69, 9.17) is 37.8 Å². The number of rotatable bonds is 20. The number of para-hydroxylation sites is 2. The zero-order valence-corrected chi connectivity index (χ0v) is 47.4. The lowest BCUT2D eigenvalue weighted by atomic mass is 9.94. The number of primary amides is 2. The molecule has 2 aliphatic heterocycles. The number of ether oxygens (including phenoxy) is 2. The molecule has 0 bridgehead atoms. The van der Waals surface area contributed by atoms with Crippen LogP contribution in [0.1, 0.15) is 96.3 Å². The maximum atomic E-state index is 13.4. The van der Waals surface area contributed by atoms with E-state index < -0.39 is 51.4 Å². The molecule has 22 heteroatoms. The monoisotopic (exact) mass is 1170 g/mol. The number of aromatic nitrogens is 4.